The first kappa shape index (κ1) is 48.0. The van der Waals surface area contributed by atoms with Crippen molar-refractivity contribution in [3.05, 3.63) is 78.9 Å². The summed E-state index contributed by atoms with van der Waals surface area (Å²) in [5.74, 6) is 10.8. The molecule has 3 aromatic heterocycles. The number of aromatic nitrogens is 8. The predicted molar refractivity (Wildman–Crippen MR) is 315 cm³/mol. The van der Waals surface area contributed by atoms with Gasteiger partial charge in [0.25, 0.3) is 27.5 Å². The Labute approximate surface area is 497 Å². The fraction of sp³-hybridized carbons (Fsp3) is 0.441. The molecule has 12 aliphatic carbocycles. The lowest BCUT2D eigenvalue weighted by Gasteiger charge is -2.57. The van der Waals surface area contributed by atoms with Crippen molar-refractivity contribution in [3.8, 4) is 91.5 Å². The first-order chi connectivity index (χ1) is 42.4. The van der Waals surface area contributed by atoms with Gasteiger partial charge in [0.2, 0.25) is 0 Å². The number of hydrogen-bond acceptors (Lipinski definition) is 15. The molecule has 3 N–H and O–H groups in total. The highest BCUT2D eigenvalue weighted by molar-refractivity contribution is 7.85. The summed E-state index contributed by atoms with van der Waals surface area (Å²) < 4.78 is 83.2. The SMILES string of the molecule is O=S(=O)(O)c1ccc(Oc2ccc3c(c2)-c2nc-3nc3[nH]c(nc4nc(nc5[nH]c(n2)c2cc6c(cc52)OC2(O6)C5CC6CC(C5)CC2C6)-c2cc5c(cc2-4)OC2(O5)C4CC5CC(C4)CC2C5)c2cc4c(cc32)OC2(O4)C3CC4CC(C3)CC2C4)cc1. The van der Waals surface area contributed by atoms with Crippen LogP contribution in [0.15, 0.2) is 83.8 Å². The number of ether oxygens (including phenoxy) is 7. The van der Waals surface area contributed by atoms with Gasteiger partial charge in [-0.3, -0.25) is 4.55 Å². The van der Waals surface area contributed by atoms with Crippen molar-refractivity contribution in [2.45, 2.75) is 119 Å². The van der Waals surface area contributed by atoms with Gasteiger partial charge in [-0.2, -0.15) is 8.42 Å². The van der Waals surface area contributed by atoms with Crippen LogP contribution in [0, 0.1) is 71.0 Å². The Morgan fingerprint density at radius 2 is 0.667 bits per heavy atom. The summed E-state index contributed by atoms with van der Waals surface area (Å²) in [4.78, 5) is 39.7. The van der Waals surface area contributed by atoms with Gasteiger partial charge in [-0.1, -0.05) is 0 Å². The molecule has 19 heteroatoms. The van der Waals surface area contributed by atoms with Crippen molar-refractivity contribution in [2.24, 2.45) is 71.0 Å². The largest absolute Gasteiger partial charge is 0.457 e. The number of nitrogens with one attached hydrogen (secondary N) is 2. The Morgan fingerprint density at radius 3 is 1.00 bits per heavy atom. The van der Waals surface area contributed by atoms with Crippen LogP contribution < -0.4 is 33.2 Å². The van der Waals surface area contributed by atoms with E-state index in [4.69, 9.17) is 63.1 Å². The lowest BCUT2D eigenvalue weighted by molar-refractivity contribution is -0.241. The minimum Gasteiger partial charge on any atom is -0.457 e. The van der Waals surface area contributed by atoms with Crippen molar-refractivity contribution < 1.29 is 46.1 Å². The van der Waals surface area contributed by atoms with Gasteiger partial charge in [-0.15, -0.1) is 0 Å². The van der Waals surface area contributed by atoms with E-state index in [1.807, 2.05) is 18.2 Å². The summed E-state index contributed by atoms with van der Waals surface area (Å²) in [5, 5.41) is 3.10. The van der Waals surface area contributed by atoms with Crippen molar-refractivity contribution in [1.29, 1.82) is 0 Å². The lowest BCUT2D eigenvalue weighted by Crippen LogP contribution is -2.62. The van der Waals surface area contributed by atoms with Crippen LogP contribution in [0.3, 0.4) is 0 Å². The molecule has 0 unspecified atom stereocenters. The van der Waals surface area contributed by atoms with E-state index in [1.54, 1.807) is 0 Å². The summed E-state index contributed by atoms with van der Waals surface area (Å²) in [6.07, 6.45) is 17.4. The summed E-state index contributed by atoms with van der Waals surface area (Å²) in [7, 11) is -4.41. The molecule has 87 heavy (non-hydrogen) atoms. The first-order valence-corrected chi connectivity index (χ1v) is 33.2. The van der Waals surface area contributed by atoms with Crippen LogP contribution in [0.25, 0.3) is 89.7 Å². The molecule has 0 atom stereocenters. The zero-order valence-electron chi connectivity index (χ0n) is 47.3. The molecule has 8 heterocycles. The molecule has 5 aromatic carbocycles. The molecular formula is C68H58N8O10S. The van der Waals surface area contributed by atoms with E-state index in [0.29, 0.717) is 139 Å². The van der Waals surface area contributed by atoms with E-state index in [0.717, 1.165) is 145 Å². The van der Waals surface area contributed by atoms with Crippen LogP contribution in [0.5, 0.6) is 46.0 Å². The Bertz CT molecular complexity index is 4730. The third-order valence-corrected chi connectivity index (χ3v) is 24.7. The van der Waals surface area contributed by atoms with Gasteiger partial charge in [-0.25, -0.2) is 29.9 Å². The standard InChI is InChI=1S/C68H58N8O10S/c77-87(78,79)43-4-1-41(2-5-43)80-42-3-6-44-45(22-42)59-69-58(44)70-60-46-23-52-53(82-66(81-52)35-10-29-7-30(12-35)13-36(66)11-29)24-47(46)62(72-60)74-64-50-27-56-57(86-68(85-56)39-18-33-9-34(20-39)21-40(68)19-33)28-51(50)65(76-64)75-63-49-26-55-54(25-48(49)61(71-59)73-63)83-67(84-55)37-14-31-8-32(16-37)17-38(67)15-31/h1-6,22-40H,7-21H2,(H,77,78,79)(H2,69,70,71,72,73,74,75,76). The summed E-state index contributed by atoms with van der Waals surface area (Å²) in [6, 6.07) is 23.6. The quantitative estimate of drug-likeness (QED) is 0.140. The van der Waals surface area contributed by atoms with Gasteiger partial charge in [0.05, 0.1) is 4.90 Å². The number of benzene rings is 5. The normalized spacial score (nSPS) is 34.6. The zero-order chi connectivity index (χ0) is 56.8. The van der Waals surface area contributed by atoms with Crippen LogP contribution >= 0.6 is 0 Å². The highest BCUT2D eigenvalue weighted by Gasteiger charge is 2.66. The van der Waals surface area contributed by atoms with E-state index in [-0.39, 0.29) is 4.90 Å². The molecular weight excluding hydrogens is 1120 g/mol. The molecule has 3 spiro atoms. The van der Waals surface area contributed by atoms with E-state index in [2.05, 4.69) is 46.4 Å². The van der Waals surface area contributed by atoms with E-state index in [9.17, 15) is 13.0 Å². The van der Waals surface area contributed by atoms with Gasteiger partial charge in [-0.05, 0) is 211 Å². The average molecular weight is 1180 g/mol. The Balaban J connectivity index is 0.771. The Hall–Kier alpha value is -8.03. The maximum atomic E-state index is 12.0. The molecule has 25 rings (SSSR count). The predicted octanol–water partition coefficient (Wildman–Crippen LogP) is 13.7. The fourth-order valence-electron chi connectivity index (χ4n) is 20.8. The van der Waals surface area contributed by atoms with Gasteiger partial charge in [0.15, 0.2) is 57.8 Å². The van der Waals surface area contributed by atoms with Crippen molar-refractivity contribution in [2.75, 3.05) is 0 Å². The summed E-state index contributed by atoms with van der Waals surface area (Å²) >= 11 is 0. The number of fused-ring (bicyclic) bond motifs is 23. The molecule has 0 saturated heterocycles. The number of nitrogens with zero attached hydrogens (tertiary/aromatic N) is 6. The molecule has 20 bridgehead atoms. The average Bonchev–Trinajstić information content (AvgIpc) is 1.67. The monoisotopic (exact) mass is 1180 g/mol. The summed E-state index contributed by atoms with van der Waals surface area (Å²) in [5.41, 5.74) is 4.95. The summed E-state index contributed by atoms with van der Waals surface area (Å²) in [6.45, 7) is 0. The third-order valence-electron chi connectivity index (χ3n) is 23.8. The molecule has 17 aliphatic rings. The minimum atomic E-state index is -4.41. The minimum absolute atomic E-state index is 0.238. The zero-order valence-corrected chi connectivity index (χ0v) is 48.1. The maximum absolute atomic E-state index is 12.0. The topological polar surface area (TPSA) is 228 Å². The third kappa shape index (κ3) is 6.51. The molecule has 12 fully saturated rings. The van der Waals surface area contributed by atoms with E-state index >= 15 is 0 Å². The maximum Gasteiger partial charge on any atom is 0.294 e. The van der Waals surface area contributed by atoms with E-state index in [1.165, 1.54) is 43.5 Å². The molecule has 436 valence electrons. The first-order valence-electron chi connectivity index (χ1n) is 31.8. The van der Waals surface area contributed by atoms with Crippen LogP contribution in [-0.4, -0.2) is 70.2 Å². The second-order valence-electron chi connectivity index (χ2n) is 28.6. The number of hydrogen-bond donors (Lipinski definition) is 3. The Kier molecular flexibility index (Phi) is 8.83. The van der Waals surface area contributed by atoms with Gasteiger partial charge < -0.3 is 43.1 Å². The molecule has 0 radical (unpaired) electrons. The van der Waals surface area contributed by atoms with Crippen molar-refractivity contribution >= 4 is 54.3 Å². The lowest BCUT2D eigenvalue weighted by atomic mass is 9.53. The number of aromatic amines is 2. The Morgan fingerprint density at radius 1 is 0.368 bits per heavy atom. The molecule has 18 nitrogen and oxygen atoms in total. The van der Waals surface area contributed by atoms with Crippen LogP contribution in [0.4, 0.5) is 0 Å². The number of rotatable bonds is 3. The molecule has 8 aromatic rings. The fourth-order valence-corrected chi connectivity index (χ4v) is 21.2. The van der Waals surface area contributed by atoms with Crippen LogP contribution in [-0.2, 0) is 10.1 Å². The highest BCUT2D eigenvalue weighted by atomic mass is 32.2. The second kappa shape index (κ2) is 16.0. The van der Waals surface area contributed by atoms with Crippen molar-refractivity contribution in [3.63, 3.8) is 0 Å². The highest BCUT2D eigenvalue weighted by Crippen LogP contribution is 2.67. The van der Waals surface area contributed by atoms with Gasteiger partial charge in [0, 0.05) is 79.3 Å². The second-order valence-corrected chi connectivity index (χ2v) is 30.0. The van der Waals surface area contributed by atoms with Gasteiger partial charge >= 0.3 is 0 Å². The van der Waals surface area contributed by atoms with Gasteiger partial charge in [0.1, 0.15) is 34.1 Å². The smallest absolute Gasteiger partial charge is 0.294 e. The van der Waals surface area contributed by atoms with Crippen LogP contribution in [0.2, 0.25) is 0 Å². The van der Waals surface area contributed by atoms with Crippen molar-refractivity contribution in [1.82, 2.24) is 39.9 Å². The molecule has 0 amide bonds. The van der Waals surface area contributed by atoms with Crippen LogP contribution in [0.1, 0.15) is 96.3 Å². The van der Waals surface area contributed by atoms with E-state index < -0.39 is 27.5 Å². The number of H-pyrrole nitrogens is 2. The molecule has 5 aliphatic heterocycles. The molecule has 12 saturated carbocycles.